The number of alkyl halides is 3. The number of ether oxygens (including phenoxy) is 1. The third-order valence-electron chi connectivity index (χ3n) is 5.98. The molecule has 8 nitrogen and oxygen atoms in total. The number of carbonyl (C=O) groups excluding carboxylic acids is 1. The number of sulfone groups is 1. The van der Waals surface area contributed by atoms with Gasteiger partial charge in [-0.25, -0.2) is 18.4 Å². The van der Waals surface area contributed by atoms with Crippen molar-refractivity contribution in [3.8, 4) is 5.88 Å². The van der Waals surface area contributed by atoms with Crippen molar-refractivity contribution in [2.75, 3.05) is 30.8 Å². The van der Waals surface area contributed by atoms with Gasteiger partial charge in [0.15, 0.2) is 9.84 Å². The number of amides is 1. The summed E-state index contributed by atoms with van der Waals surface area (Å²) in [4.78, 5) is 24.2. The van der Waals surface area contributed by atoms with E-state index in [0.717, 1.165) is 11.3 Å². The summed E-state index contributed by atoms with van der Waals surface area (Å²) < 4.78 is 66.7. The first-order chi connectivity index (χ1) is 16.0. The van der Waals surface area contributed by atoms with Gasteiger partial charge in [0.2, 0.25) is 11.8 Å². The van der Waals surface area contributed by atoms with Crippen LogP contribution in [0.5, 0.6) is 5.88 Å². The van der Waals surface area contributed by atoms with Gasteiger partial charge in [-0.2, -0.15) is 13.2 Å². The Bertz CT molecular complexity index is 1160. The zero-order valence-electron chi connectivity index (χ0n) is 18.6. The Labute approximate surface area is 195 Å². The molecule has 0 spiro atoms. The second-order valence-electron chi connectivity index (χ2n) is 8.49. The normalized spacial score (nSPS) is 17.1. The first-order valence-electron chi connectivity index (χ1n) is 10.9. The van der Waals surface area contributed by atoms with E-state index >= 15 is 0 Å². The minimum absolute atomic E-state index is 0.211. The van der Waals surface area contributed by atoms with Crippen LogP contribution in [0.15, 0.2) is 35.5 Å². The molecular formula is C22H25F3N4O4S. The number of rotatable bonds is 6. The molecule has 1 amide bonds. The van der Waals surface area contributed by atoms with Crippen molar-refractivity contribution in [1.29, 1.82) is 0 Å². The van der Waals surface area contributed by atoms with Crippen LogP contribution in [0.25, 0.3) is 0 Å². The van der Waals surface area contributed by atoms with E-state index in [0.29, 0.717) is 50.6 Å². The highest BCUT2D eigenvalue weighted by atomic mass is 32.2. The van der Waals surface area contributed by atoms with Crippen LogP contribution in [0.3, 0.4) is 0 Å². The Morgan fingerprint density at radius 1 is 1.15 bits per heavy atom. The smallest absolute Gasteiger partial charge is 0.389 e. The van der Waals surface area contributed by atoms with Crippen molar-refractivity contribution in [2.24, 2.45) is 0 Å². The standard InChI is InChI=1S/C22H25F3N4O4S/c1-34(31,32)17-2-3-18-15(12-17)5-11-29(18)19-13-20(27-14-26-19)33-16-6-9-28(10-7-16)21(30)4-8-22(23,24)25/h2-3,12-14,16H,4-11H2,1H3. The summed E-state index contributed by atoms with van der Waals surface area (Å²) in [5.74, 6) is 0.496. The molecule has 12 heteroatoms. The molecule has 184 valence electrons. The second kappa shape index (κ2) is 9.40. The minimum Gasteiger partial charge on any atom is -0.474 e. The van der Waals surface area contributed by atoms with Crippen LogP contribution in [-0.4, -0.2) is 67.4 Å². The predicted octanol–water partition coefficient (Wildman–Crippen LogP) is 3.29. The van der Waals surface area contributed by atoms with Crippen LogP contribution < -0.4 is 9.64 Å². The Kier molecular flexibility index (Phi) is 6.70. The van der Waals surface area contributed by atoms with E-state index < -0.39 is 34.8 Å². The number of likely N-dealkylation sites (tertiary alicyclic amines) is 1. The van der Waals surface area contributed by atoms with Gasteiger partial charge in [0, 0.05) is 56.9 Å². The number of piperidine rings is 1. The van der Waals surface area contributed by atoms with Gasteiger partial charge in [0.05, 0.1) is 11.3 Å². The number of halogens is 3. The summed E-state index contributed by atoms with van der Waals surface area (Å²) in [7, 11) is -3.29. The molecule has 0 radical (unpaired) electrons. The maximum Gasteiger partial charge on any atom is 0.389 e. The van der Waals surface area contributed by atoms with Crippen molar-refractivity contribution >= 4 is 27.2 Å². The number of hydrogen-bond donors (Lipinski definition) is 0. The zero-order chi connectivity index (χ0) is 24.5. The fourth-order valence-corrected chi connectivity index (χ4v) is 4.86. The number of anilines is 2. The Morgan fingerprint density at radius 2 is 1.88 bits per heavy atom. The summed E-state index contributed by atoms with van der Waals surface area (Å²) in [5, 5.41) is 0. The Balaban J connectivity index is 1.36. The lowest BCUT2D eigenvalue weighted by atomic mass is 10.1. The third kappa shape index (κ3) is 5.78. The number of fused-ring (bicyclic) bond motifs is 1. The maximum absolute atomic E-state index is 12.3. The number of nitrogens with zero attached hydrogens (tertiary/aromatic N) is 4. The second-order valence-corrected chi connectivity index (χ2v) is 10.5. The number of carbonyl (C=O) groups is 1. The molecular weight excluding hydrogens is 473 g/mol. The number of benzene rings is 1. The first-order valence-corrected chi connectivity index (χ1v) is 12.8. The molecule has 2 aliphatic heterocycles. The molecule has 2 aliphatic rings. The van der Waals surface area contributed by atoms with E-state index in [-0.39, 0.29) is 11.0 Å². The van der Waals surface area contributed by atoms with Gasteiger partial charge in [-0.3, -0.25) is 4.79 Å². The molecule has 1 fully saturated rings. The van der Waals surface area contributed by atoms with Crippen LogP contribution in [0, 0.1) is 0 Å². The molecule has 3 heterocycles. The van der Waals surface area contributed by atoms with Gasteiger partial charge in [0.25, 0.3) is 0 Å². The van der Waals surface area contributed by atoms with Crippen molar-refractivity contribution in [3.05, 3.63) is 36.2 Å². The largest absolute Gasteiger partial charge is 0.474 e. The maximum atomic E-state index is 12.3. The van der Waals surface area contributed by atoms with Crippen LogP contribution in [0.4, 0.5) is 24.7 Å². The topological polar surface area (TPSA) is 92.7 Å². The van der Waals surface area contributed by atoms with Gasteiger partial charge < -0.3 is 14.5 Å². The number of aromatic nitrogens is 2. The van der Waals surface area contributed by atoms with Crippen LogP contribution in [0.1, 0.15) is 31.2 Å². The molecule has 0 atom stereocenters. The minimum atomic E-state index is -4.34. The van der Waals surface area contributed by atoms with E-state index in [9.17, 15) is 26.4 Å². The molecule has 0 saturated carbocycles. The van der Waals surface area contributed by atoms with E-state index in [1.807, 2.05) is 4.90 Å². The fourth-order valence-electron chi connectivity index (χ4n) is 4.19. The summed E-state index contributed by atoms with van der Waals surface area (Å²) in [6.45, 7) is 1.31. The molecule has 0 N–H and O–H groups in total. The molecule has 34 heavy (non-hydrogen) atoms. The highest BCUT2D eigenvalue weighted by molar-refractivity contribution is 7.90. The highest BCUT2D eigenvalue weighted by Crippen LogP contribution is 2.35. The lowest BCUT2D eigenvalue weighted by Gasteiger charge is -2.32. The van der Waals surface area contributed by atoms with E-state index in [4.69, 9.17) is 4.74 Å². The monoisotopic (exact) mass is 498 g/mol. The van der Waals surface area contributed by atoms with Crippen molar-refractivity contribution in [2.45, 2.75) is 49.3 Å². The fraction of sp³-hybridized carbons (Fsp3) is 0.500. The zero-order valence-corrected chi connectivity index (χ0v) is 19.4. The van der Waals surface area contributed by atoms with E-state index in [2.05, 4.69) is 9.97 Å². The molecule has 0 unspecified atom stereocenters. The average molecular weight is 499 g/mol. The molecule has 1 aromatic heterocycles. The van der Waals surface area contributed by atoms with Gasteiger partial charge in [-0.1, -0.05) is 0 Å². The first kappa shape index (κ1) is 24.2. The van der Waals surface area contributed by atoms with Crippen LogP contribution >= 0.6 is 0 Å². The van der Waals surface area contributed by atoms with Gasteiger partial charge in [-0.05, 0) is 30.2 Å². The SMILES string of the molecule is CS(=O)(=O)c1ccc2c(c1)CCN2c1cc(OC2CCN(C(=O)CCC(F)(F)F)CC2)ncn1. The van der Waals surface area contributed by atoms with Crippen molar-refractivity contribution < 1.29 is 31.1 Å². The molecule has 1 aromatic carbocycles. The Morgan fingerprint density at radius 3 is 2.56 bits per heavy atom. The van der Waals surface area contributed by atoms with Crippen molar-refractivity contribution in [1.82, 2.24) is 14.9 Å². The molecule has 1 saturated heterocycles. The predicted molar refractivity (Wildman–Crippen MR) is 118 cm³/mol. The quantitative estimate of drug-likeness (QED) is 0.604. The molecule has 0 aliphatic carbocycles. The van der Waals surface area contributed by atoms with Crippen LogP contribution in [-0.2, 0) is 21.1 Å². The van der Waals surface area contributed by atoms with E-state index in [1.165, 1.54) is 17.5 Å². The summed E-state index contributed by atoms with van der Waals surface area (Å²) >= 11 is 0. The summed E-state index contributed by atoms with van der Waals surface area (Å²) in [6, 6.07) is 6.75. The average Bonchev–Trinajstić information content (AvgIpc) is 3.20. The molecule has 4 rings (SSSR count). The summed E-state index contributed by atoms with van der Waals surface area (Å²) in [6.07, 6.45) is -1.95. The van der Waals surface area contributed by atoms with E-state index in [1.54, 1.807) is 24.3 Å². The highest BCUT2D eigenvalue weighted by Gasteiger charge is 2.31. The summed E-state index contributed by atoms with van der Waals surface area (Å²) in [5.41, 5.74) is 1.80. The third-order valence-corrected chi connectivity index (χ3v) is 7.09. The van der Waals surface area contributed by atoms with Gasteiger partial charge in [0.1, 0.15) is 18.2 Å². The lowest BCUT2D eigenvalue weighted by molar-refractivity contribution is -0.150. The van der Waals surface area contributed by atoms with Crippen molar-refractivity contribution in [3.63, 3.8) is 0 Å². The lowest BCUT2D eigenvalue weighted by Crippen LogP contribution is -2.42. The Hall–Kier alpha value is -2.89. The molecule has 2 aromatic rings. The van der Waals surface area contributed by atoms with Gasteiger partial charge in [-0.15, -0.1) is 0 Å². The van der Waals surface area contributed by atoms with Crippen LogP contribution in [0.2, 0.25) is 0 Å². The van der Waals surface area contributed by atoms with Gasteiger partial charge >= 0.3 is 6.18 Å². The number of hydrogen-bond acceptors (Lipinski definition) is 7. The molecule has 0 bridgehead atoms.